The van der Waals surface area contributed by atoms with Crippen LogP contribution in [0.2, 0.25) is 0 Å². The van der Waals surface area contributed by atoms with E-state index in [2.05, 4.69) is 4.74 Å². The number of benzene rings is 1. The van der Waals surface area contributed by atoms with Gasteiger partial charge in [0.2, 0.25) is 0 Å². The maximum absolute atomic E-state index is 12.1. The van der Waals surface area contributed by atoms with Gasteiger partial charge in [-0.2, -0.15) is 0 Å². The molecule has 0 spiro atoms. The summed E-state index contributed by atoms with van der Waals surface area (Å²) in [5.74, 6) is -0.968. The van der Waals surface area contributed by atoms with Gasteiger partial charge in [0.25, 0.3) is 0 Å². The van der Waals surface area contributed by atoms with Gasteiger partial charge in [-0.05, 0) is 6.07 Å². The van der Waals surface area contributed by atoms with E-state index >= 15 is 0 Å². The molecule has 1 heterocycles. The van der Waals surface area contributed by atoms with Crippen LogP contribution in [0.25, 0.3) is 0 Å². The molecule has 2 rings (SSSR count). The van der Waals surface area contributed by atoms with Crippen LogP contribution in [0.15, 0.2) is 41.3 Å². The fourth-order valence-corrected chi connectivity index (χ4v) is 3.90. The first-order valence-electron chi connectivity index (χ1n) is 6.58. The quantitative estimate of drug-likeness (QED) is 0.452. The number of thioether (sulfide) groups is 1. The molecule has 0 radical (unpaired) electrons. The Morgan fingerprint density at radius 3 is 2.30 bits per heavy atom. The molecule has 7 heteroatoms. The summed E-state index contributed by atoms with van der Waals surface area (Å²) in [6.07, 6.45) is 0. The average molecular weight is 350 g/mol. The van der Waals surface area contributed by atoms with E-state index < -0.39 is 11.9 Å². The van der Waals surface area contributed by atoms with Crippen LogP contribution >= 0.6 is 23.1 Å². The Hall–Kier alpha value is -2.12. The molecule has 2 aromatic rings. The maximum atomic E-state index is 12.1. The predicted octanol–water partition coefficient (Wildman–Crippen LogP) is 3.30. The second-order valence-electron chi connectivity index (χ2n) is 4.37. The van der Waals surface area contributed by atoms with Crippen molar-refractivity contribution in [3.8, 4) is 0 Å². The maximum Gasteiger partial charge on any atom is 0.349 e. The molecule has 0 aliphatic rings. The number of Topliss-reactive ketones (excluding diaryl/α,β-unsaturated/α-hetero) is 1. The second-order valence-corrected chi connectivity index (χ2v) is 6.43. The summed E-state index contributed by atoms with van der Waals surface area (Å²) in [7, 11) is 2.54. The van der Waals surface area contributed by atoms with E-state index in [1.165, 1.54) is 26.0 Å². The number of hydrogen-bond acceptors (Lipinski definition) is 7. The molecule has 0 unspecified atom stereocenters. The summed E-state index contributed by atoms with van der Waals surface area (Å²) in [5.41, 5.74) is 0.600. The molecule has 23 heavy (non-hydrogen) atoms. The fourth-order valence-electron chi connectivity index (χ4n) is 1.77. The van der Waals surface area contributed by atoms with E-state index in [1.54, 1.807) is 30.3 Å². The monoisotopic (exact) mass is 350 g/mol. The molecular weight excluding hydrogens is 336 g/mol. The molecular formula is C16H14O5S2. The third-order valence-electron chi connectivity index (χ3n) is 2.91. The van der Waals surface area contributed by atoms with Crippen molar-refractivity contribution in [1.29, 1.82) is 0 Å². The lowest BCUT2D eigenvalue weighted by atomic mass is 10.2. The Kier molecular flexibility index (Phi) is 5.95. The van der Waals surface area contributed by atoms with E-state index in [4.69, 9.17) is 4.74 Å². The minimum absolute atomic E-state index is 0.0581. The first-order chi connectivity index (χ1) is 11.1. The van der Waals surface area contributed by atoms with Crippen molar-refractivity contribution >= 4 is 40.8 Å². The Balaban J connectivity index is 2.18. The van der Waals surface area contributed by atoms with E-state index in [0.29, 0.717) is 20.2 Å². The van der Waals surface area contributed by atoms with E-state index in [0.717, 1.165) is 11.3 Å². The normalized spacial score (nSPS) is 10.2. The van der Waals surface area contributed by atoms with Crippen LogP contribution in [0, 0.1) is 0 Å². The number of ketones is 1. The standard InChI is InChI=1S/C16H14O5S2/c1-20-15(18)13-8-12(14(23-13)16(19)21-2)22-9-11(17)10-6-4-3-5-7-10/h3-8H,9H2,1-2H3. The molecule has 0 amide bonds. The van der Waals surface area contributed by atoms with Gasteiger partial charge in [0.05, 0.1) is 20.0 Å². The largest absolute Gasteiger partial charge is 0.465 e. The van der Waals surface area contributed by atoms with Crippen LogP contribution in [-0.2, 0) is 9.47 Å². The Morgan fingerprint density at radius 1 is 1.04 bits per heavy atom. The zero-order valence-electron chi connectivity index (χ0n) is 12.5. The minimum atomic E-state index is -0.542. The highest BCUT2D eigenvalue weighted by Gasteiger charge is 2.21. The Morgan fingerprint density at radius 2 is 1.70 bits per heavy atom. The van der Waals surface area contributed by atoms with Crippen molar-refractivity contribution in [2.24, 2.45) is 0 Å². The van der Waals surface area contributed by atoms with Gasteiger partial charge in [0, 0.05) is 10.5 Å². The molecule has 5 nitrogen and oxygen atoms in total. The number of esters is 2. The second kappa shape index (κ2) is 7.94. The van der Waals surface area contributed by atoms with E-state index in [1.807, 2.05) is 6.07 Å². The van der Waals surface area contributed by atoms with Gasteiger partial charge in [-0.3, -0.25) is 4.79 Å². The first kappa shape index (κ1) is 17.2. The van der Waals surface area contributed by atoms with Gasteiger partial charge < -0.3 is 9.47 Å². The van der Waals surface area contributed by atoms with Crippen LogP contribution in [0.4, 0.5) is 0 Å². The summed E-state index contributed by atoms with van der Waals surface area (Å²) in [4.78, 5) is 36.7. The molecule has 1 aromatic carbocycles. The minimum Gasteiger partial charge on any atom is -0.465 e. The molecule has 0 aliphatic carbocycles. The molecule has 0 saturated carbocycles. The molecule has 0 bridgehead atoms. The molecule has 120 valence electrons. The lowest BCUT2D eigenvalue weighted by Gasteiger charge is -2.02. The summed E-state index contributed by atoms with van der Waals surface area (Å²) in [5, 5.41) is 0. The topological polar surface area (TPSA) is 69.7 Å². The van der Waals surface area contributed by atoms with Crippen molar-refractivity contribution in [1.82, 2.24) is 0 Å². The molecule has 0 saturated heterocycles. The highest BCUT2D eigenvalue weighted by Crippen LogP contribution is 2.32. The summed E-state index contributed by atoms with van der Waals surface area (Å²) in [6.45, 7) is 0. The third kappa shape index (κ3) is 4.20. The lowest BCUT2D eigenvalue weighted by molar-refractivity contribution is 0.0596. The smallest absolute Gasteiger partial charge is 0.349 e. The van der Waals surface area contributed by atoms with Crippen LogP contribution in [0.5, 0.6) is 0 Å². The van der Waals surface area contributed by atoms with Gasteiger partial charge in [-0.15, -0.1) is 23.1 Å². The van der Waals surface area contributed by atoms with E-state index in [9.17, 15) is 14.4 Å². The van der Waals surface area contributed by atoms with Crippen LogP contribution in [-0.4, -0.2) is 37.7 Å². The van der Waals surface area contributed by atoms with Crippen molar-refractivity contribution in [3.63, 3.8) is 0 Å². The van der Waals surface area contributed by atoms with Gasteiger partial charge in [0.15, 0.2) is 5.78 Å². The average Bonchev–Trinajstić information content (AvgIpc) is 3.03. The van der Waals surface area contributed by atoms with Gasteiger partial charge in [-0.1, -0.05) is 30.3 Å². The van der Waals surface area contributed by atoms with E-state index in [-0.39, 0.29) is 11.5 Å². The Labute approximate surface area is 141 Å². The van der Waals surface area contributed by atoms with Crippen molar-refractivity contribution in [2.75, 3.05) is 20.0 Å². The molecule has 0 aliphatic heterocycles. The number of carbonyl (C=O) groups is 3. The predicted molar refractivity (Wildman–Crippen MR) is 88.5 cm³/mol. The molecule has 0 N–H and O–H groups in total. The van der Waals surface area contributed by atoms with Gasteiger partial charge in [-0.25, -0.2) is 9.59 Å². The number of rotatable bonds is 6. The number of carbonyl (C=O) groups excluding carboxylic acids is 3. The SMILES string of the molecule is COC(=O)c1cc(SCC(=O)c2ccccc2)c(C(=O)OC)s1. The van der Waals surface area contributed by atoms with Crippen molar-refractivity contribution in [3.05, 3.63) is 51.7 Å². The highest BCUT2D eigenvalue weighted by molar-refractivity contribution is 8.00. The molecule has 1 aromatic heterocycles. The number of thiophene rings is 1. The van der Waals surface area contributed by atoms with Crippen molar-refractivity contribution < 1.29 is 23.9 Å². The Bertz CT molecular complexity index is 721. The van der Waals surface area contributed by atoms with Crippen LogP contribution < -0.4 is 0 Å². The van der Waals surface area contributed by atoms with Crippen LogP contribution in [0.3, 0.4) is 0 Å². The zero-order valence-corrected chi connectivity index (χ0v) is 14.2. The third-order valence-corrected chi connectivity index (χ3v) is 5.17. The first-order valence-corrected chi connectivity index (χ1v) is 8.38. The fraction of sp³-hybridized carbons (Fsp3) is 0.188. The summed E-state index contributed by atoms with van der Waals surface area (Å²) >= 11 is 2.19. The number of ether oxygens (including phenoxy) is 2. The molecule has 0 atom stereocenters. The van der Waals surface area contributed by atoms with Crippen LogP contribution in [0.1, 0.15) is 29.7 Å². The zero-order chi connectivity index (χ0) is 16.8. The molecule has 0 fully saturated rings. The highest BCUT2D eigenvalue weighted by atomic mass is 32.2. The van der Waals surface area contributed by atoms with Gasteiger partial charge in [0.1, 0.15) is 9.75 Å². The van der Waals surface area contributed by atoms with Gasteiger partial charge >= 0.3 is 11.9 Å². The summed E-state index contributed by atoms with van der Waals surface area (Å²) in [6, 6.07) is 10.4. The lowest BCUT2D eigenvalue weighted by Crippen LogP contribution is -2.03. The number of hydrogen-bond donors (Lipinski definition) is 0. The summed E-state index contributed by atoms with van der Waals surface area (Å²) < 4.78 is 9.37. The number of methoxy groups -OCH3 is 2. The van der Waals surface area contributed by atoms with Crippen molar-refractivity contribution in [2.45, 2.75) is 4.90 Å².